The number of hydrogen-bond acceptors (Lipinski definition) is 7. The molecule has 0 spiro atoms. The molecule has 0 radical (unpaired) electrons. The Bertz CT molecular complexity index is 1060. The van der Waals surface area contributed by atoms with Crippen molar-refractivity contribution in [3.05, 3.63) is 47.7 Å². The van der Waals surface area contributed by atoms with Gasteiger partial charge in [0.05, 0.1) is 16.2 Å². The van der Waals surface area contributed by atoms with Crippen molar-refractivity contribution in [3.8, 4) is 6.07 Å². The molecule has 1 aromatic heterocycles. The van der Waals surface area contributed by atoms with Gasteiger partial charge in [0.25, 0.3) is 10.0 Å². The third-order valence-electron chi connectivity index (χ3n) is 3.66. The number of nitrogens with zero attached hydrogens (tertiary/aromatic N) is 2. The Hall–Kier alpha value is -2.90. The molecule has 0 unspecified atom stereocenters. The molecule has 2 amide bonds. The van der Waals surface area contributed by atoms with Crippen LogP contribution in [0.2, 0.25) is 0 Å². The van der Waals surface area contributed by atoms with Crippen molar-refractivity contribution in [2.45, 2.75) is 36.6 Å². The first kappa shape index (κ1) is 22.4. The van der Waals surface area contributed by atoms with Crippen LogP contribution in [0.15, 0.2) is 46.3 Å². The molecule has 1 heterocycles. The highest BCUT2D eigenvalue weighted by molar-refractivity contribution is 8.00. The van der Waals surface area contributed by atoms with E-state index in [0.717, 1.165) is 24.4 Å². The Morgan fingerprint density at radius 3 is 2.38 bits per heavy atom. The van der Waals surface area contributed by atoms with Crippen molar-refractivity contribution < 1.29 is 18.0 Å². The summed E-state index contributed by atoms with van der Waals surface area (Å²) in [6.45, 7) is 5.09. The van der Waals surface area contributed by atoms with Crippen molar-refractivity contribution in [1.29, 1.82) is 5.26 Å². The number of thioether (sulfide) groups is 1. The number of carbonyl (C=O) groups excluding carboxylic acids is 2. The average molecular weight is 433 g/mol. The van der Waals surface area contributed by atoms with Gasteiger partial charge >= 0.3 is 0 Å². The Kier molecular flexibility index (Phi) is 7.36. The molecule has 2 N–H and O–H groups in total. The lowest BCUT2D eigenvalue weighted by molar-refractivity contribution is -0.117. The third kappa shape index (κ3) is 6.30. The van der Waals surface area contributed by atoms with E-state index in [1.165, 1.54) is 24.3 Å². The quantitative estimate of drug-likeness (QED) is 0.643. The molecule has 0 aliphatic rings. The molecule has 0 aliphatic heterocycles. The van der Waals surface area contributed by atoms with E-state index in [-0.39, 0.29) is 22.5 Å². The van der Waals surface area contributed by atoms with Crippen LogP contribution < -0.4 is 10.0 Å². The van der Waals surface area contributed by atoms with Gasteiger partial charge in [-0.1, -0.05) is 25.6 Å². The number of sulfonamides is 1. The van der Waals surface area contributed by atoms with Gasteiger partial charge < -0.3 is 5.32 Å². The van der Waals surface area contributed by atoms with Crippen LogP contribution in [0.25, 0.3) is 0 Å². The summed E-state index contributed by atoms with van der Waals surface area (Å²) < 4.78 is 25.7. The van der Waals surface area contributed by atoms with Crippen LogP contribution in [-0.2, 0) is 19.6 Å². The van der Waals surface area contributed by atoms with Crippen LogP contribution >= 0.6 is 11.8 Å². The molecule has 0 saturated carbocycles. The molecule has 0 bridgehead atoms. The van der Waals surface area contributed by atoms with Gasteiger partial charge in [0.2, 0.25) is 11.8 Å². The smallest absolute Gasteiger partial charge is 0.264 e. The zero-order chi connectivity index (χ0) is 21.6. The Morgan fingerprint density at radius 1 is 1.17 bits per heavy atom. The topological polar surface area (TPSA) is 129 Å². The minimum Gasteiger partial charge on any atom is -0.325 e. The summed E-state index contributed by atoms with van der Waals surface area (Å²) in [6.07, 6.45) is 0. The Morgan fingerprint density at radius 2 is 1.83 bits per heavy atom. The lowest BCUT2D eigenvalue weighted by atomic mass is 10.1. The van der Waals surface area contributed by atoms with Gasteiger partial charge in [0.1, 0.15) is 11.1 Å². The normalized spacial score (nSPS) is 11.0. The summed E-state index contributed by atoms with van der Waals surface area (Å²) >= 11 is 1.16. The van der Waals surface area contributed by atoms with Crippen molar-refractivity contribution in [3.63, 3.8) is 0 Å². The standard InChI is InChI=1S/C19H20N4O4S2/c1-12(2)17-9-4-14(10-20)19(22-17)28-11-18(25)21-15-5-7-16(8-6-15)29(26,27)23-13(3)24/h4-9,12H,11H2,1-3H3,(H,21,25)(H,23,24). The summed E-state index contributed by atoms with van der Waals surface area (Å²) in [4.78, 5) is 27.5. The van der Waals surface area contributed by atoms with Crippen LogP contribution in [-0.4, -0.2) is 31.0 Å². The first-order valence-corrected chi connectivity index (χ1v) is 11.1. The van der Waals surface area contributed by atoms with Crippen LogP contribution in [0.5, 0.6) is 0 Å². The highest BCUT2D eigenvalue weighted by atomic mass is 32.2. The zero-order valence-electron chi connectivity index (χ0n) is 16.1. The Balaban J connectivity index is 2.03. The molecular formula is C19H20N4O4S2. The average Bonchev–Trinajstić information content (AvgIpc) is 2.65. The molecule has 0 saturated heterocycles. The fraction of sp³-hybridized carbons (Fsp3) is 0.263. The second kappa shape index (κ2) is 9.54. The number of benzene rings is 1. The van der Waals surface area contributed by atoms with Crippen LogP contribution in [0.1, 0.15) is 37.9 Å². The van der Waals surface area contributed by atoms with E-state index in [4.69, 9.17) is 0 Å². The predicted octanol–water partition coefficient (Wildman–Crippen LogP) is 2.63. The number of nitriles is 1. The van der Waals surface area contributed by atoms with Gasteiger partial charge in [-0.2, -0.15) is 5.26 Å². The van der Waals surface area contributed by atoms with Gasteiger partial charge in [-0.05, 0) is 42.3 Å². The number of hydrogen-bond donors (Lipinski definition) is 2. The number of aromatic nitrogens is 1. The van der Waals surface area contributed by atoms with Gasteiger partial charge in [0.15, 0.2) is 0 Å². The maximum Gasteiger partial charge on any atom is 0.264 e. The summed E-state index contributed by atoms with van der Waals surface area (Å²) in [5, 5.41) is 12.4. The van der Waals surface area contributed by atoms with Crippen LogP contribution in [0, 0.1) is 11.3 Å². The predicted molar refractivity (Wildman–Crippen MR) is 110 cm³/mol. The fourth-order valence-electron chi connectivity index (χ4n) is 2.27. The highest BCUT2D eigenvalue weighted by Crippen LogP contribution is 2.23. The first-order chi connectivity index (χ1) is 13.6. The largest absolute Gasteiger partial charge is 0.325 e. The van der Waals surface area contributed by atoms with Gasteiger partial charge in [-0.3, -0.25) is 9.59 Å². The maximum atomic E-state index is 12.2. The molecule has 0 fully saturated rings. The number of rotatable bonds is 7. The second-order valence-electron chi connectivity index (χ2n) is 6.38. The molecule has 29 heavy (non-hydrogen) atoms. The number of carbonyl (C=O) groups is 2. The number of pyridine rings is 1. The van der Waals surface area contributed by atoms with E-state index in [0.29, 0.717) is 16.3 Å². The lowest BCUT2D eigenvalue weighted by Crippen LogP contribution is -2.28. The first-order valence-electron chi connectivity index (χ1n) is 8.59. The molecule has 10 heteroatoms. The van der Waals surface area contributed by atoms with Crippen molar-refractivity contribution in [1.82, 2.24) is 9.71 Å². The summed E-state index contributed by atoms with van der Waals surface area (Å²) in [6, 6.07) is 11.0. The van der Waals surface area contributed by atoms with Gasteiger partial charge in [-0.15, -0.1) is 0 Å². The van der Waals surface area contributed by atoms with E-state index in [1.807, 2.05) is 18.6 Å². The molecule has 8 nitrogen and oxygen atoms in total. The summed E-state index contributed by atoms with van der Waals surface area (Å²) in [5.41, 5.74) is 1.64. The molecule has 2 rings (SSSR count). The van der Waals surface area contributed by atoms with Gasteiger partial charge in [0, 0.05) is 18.3 Å². The maximum absolute atomic E-state index is 12.2. The number of nitrogens with one attached hydrogen (secondary N) is 2. The monoisotopic (exact) mass is 432 g/mol. The SMILES string of the molecule is CC(=O)NS(=O)(=O)c1ccc(NC(=O)CSc2nc(C(C)C)ccc2C#N)cc1. The Labute approximate surface area is 173 Å². The van der Waals surface area contributed by atoms with Crippen LogP contribution in [0.3, 0.4) is 0 Å². The van der Waals surface area contributed by atoms with E-state index in [9.17, 15) is 23.3 Å². The highest BCUT2D eigenvalue weighted by Gasteiger charge is 2.16. The van der Waals surface area contributed by atoms with Crippen molar-refractivity contribution in [2.24, 2.45) is 0 Å². The summed E-state index contributed by atoms with van der Waals surface area (Å²) in [7, 11) is -3.93. The summed E-state index contributed by atoms with van der Waals surface area (Å²) in [5.74, 6) is -0.780. The minimum atomic E-state index is -3.93. The van der Waals surface area contributed by atoms with Crippen molar-refractivity contribution >= 4 is 39.3 Å². The lowest BCUT2D eigenvalue weighted by Gasteiger charge is -2.09. The fourth-order valence-corrected chi connectivity index (χ4v) is 4.04. The molecule has 0 aliphatic carbocycles. The van der Waals surface area contributed by atoms with E-state index >= 15 is 0 Å². The molecule has 0 atom stereocenters. The minimum absolute atomic E-state index is 0.0369. The molecular weight excluding hydrogens is 412 g/mol. The zero-order valence-corrected chi connectivity index (χ0v) is 17.7. The number of amides is 2. The van der Waals surface area contributed by atoms with Gasteiger partial charge in [-0.25, -0.2) is 18.1 Å². The van der Waals surface area contributed by atoms with E-state index < -0.39 is 15.9 Å². The van der Waals surface area contributed by atoms with Crippen molar-refractivity contribution in [2.75, 3.05) is 11.1 Å². The number of anilines is 1. The van der Waals surface area contributed by atoms with E-state index in [1.54, 1.807) is 12.1 Å². The second-order valence-corrected chi connectivity index (χ2v) is 9.02. The third-order valence-corrected chi connectivity index (χ3v) is 6.10. The molecule has 1 aromatic carbocycles. The van der Waals surface area contributed by atoms with Crippen LogP contribution in [0.4, 0.5) is 5.69 Å². The van der Waals surface area contributed by atoms with E-state index in [2.05, 4.69) is 16.4 Å². The molecule has 152 valence electrons. The molecule has 2 aromatic rings.